The second-order valence-electron chi connectivity index (χ2n) is 14.2. The summed E-state index contributed by atoms with van der Waals surface area (Å²) in [4.78, 5) is 65.5. The maximum absolute atomic E-state index is 13.3. The van der Waals surface area contributed by atoms with Crippen LogP contribution < -0.4 is 26.8 Å². The topological polar surface area (TPSA) is 398 Å². The van der Waals surface area contributed by atoms with Crippen molar-refractivity contribution in [3.8, 4) is 0 Å². The van der Waals surface area contributed by atoms with Gasteiger partial charge in [-0.1, -0.05) is 5.23 Å². The summed E-state index contributed by atoms with van der Waals surface area (Å²) in [5.41, 5.74) is 6.09. The van der Waals surface area contributed by atoms with Crippen LogP contribution in [0.25, 0.3) is 11.2 Å². The van der Waals surface area contributed by atoms with Crippen LogP contribution in [0.5, 0.6) is 0 Å². The van der Waals surface area contributed by atoms with Gasteiger partial charge in [0, 0.05) is 0 Å². The highest BCUT2D eigenvalue weighted by atomic mass is 31.3. The lowest BCUT2D eigenvalue weighted by atomic mass is 9.99. The molecule has 6 rings (SSSR count). The zero-order chi connectivity index (χ0) is 44.2. The van der Waals surface area contributed by atoms with E-state index in [9.17, 15) is 64.5 Å². The molecule has 4 aromatic rings. The number of anilines is 5. The smallest absolute Gasteiger partial charge is 0.388 e. The highest BCUT2D eigenvalue weighted by Crippen LogP contribution is 2.60. The van der Waals surface area contributed by atoms with Gasteiger partial charge in [-0.3, -0.25) is 38.8 Å². The molecule has 13 N–H and O–H groups in total. The number of hydroxylamine groups is 2. The average Bonchev–Trinajstić information content (AvgIpc) is 3.72. The average molecular weight is 891 g/mol. The summed E-state index contributed by atoms with van der Waals surface area (Å²) in [6, 6.07) is 1.48. The van der Waals surface area contributed by atoms with Gasteiger partial charge in [0.15, 0.2) is 17.7 Å². The van der Waals surface area contributed by atoms with Gasteiger partial charge in [0.05, 0.1) is 49.5 Å². The number of nitrogen functional groups attached to an aromatic ring is 1. The van der Waals surface area contributed by atoms with E-state index >= 15 is 0 Å². The number of H-pyrrole nitrogens is 2. The molecule has 0 amide bonds. The molecule has 1 aromatic carbocycles. The number of aromatic nitrogens is 6. The van der Waals surface area contributed by atoms with Crippen molar-refractivity contribution in [2.75, 3.05) is 35.3 Å². The highest BCUT2D eigenvalue weighted by Gasteiger charge is 2.47. The minimum absolute atomic E-state index is 0.0193. The number of nitrogens with two attached hydrogens (primary N) is 1. The van der Waals surface area contributed by atoms with Crippen molar-refractivity contribution in [2.24, 2.45) is 0 Å². The first-order chi connectivity index (χ1) is 28.0. The number of nitrogens with one attached hydrogen (secondary N) is 2. The molecule has 1 fully saturated rings. The normalized spacial score (nSPS) is 23.8. The van der Waals surface area contributed by atoms with Crippen LogP contribution >= 0.6 is 15.6 Å². The maximum Gasteiger partial charge on any atom is 0.481 e. The molecule has 0 aliphatic carbocycles. The van der Waals surface area contributed by atoms with Crippen molar-refractivity contribution in [1.29, 1.82) is 0 Å². The minimum Gasteiger partial charge on any atom is -0.388 e. The van der Waals surface area contributed by atoms with Crippen LogP contribution in [0.3, 0.4) is 0 Å². The summed E-state index contributed by atoms with van der Waals surface area (Å²) in [5, 5.41) is 73.5. The van der Waals surface area contributed by atoms with Crippen LogP contribution in [0, 0.1) is 13.8 Å². The summed E-state index contributed by atoms with van der Waals surface area (Å²) >= 11 is 0. The monoisotopic (exact) mass is 890 g/mol. The number of hydrogen-bond donors (Lipinski definition) is 12. The molecule has 0 spiro atoms. The number of aryl methyl sites for hydroxylation is 2. The van der Waals surface area contributed by atoms with Crippen molar-refractivity contribution < 1.29 is 73.0 Å². The van der Waals surface area contributed by atoms with Crippen molar-refractivity contribution in [2.45, 2.75) is 82.6 Å². The SMILES string of the molecule is Cc1cc2c(cc1C)N([C@H](C)[C@H](C)N(O)O)c1c([nH]c(=O)[nH]c1=O)N2C[C@H](O)[C@H](O)[C@H](O)COP(=O)(O)OP(=O)(O)OC[C@H]1O[C@@H](n2cnc3c(N)ncnc32)[C@H](O)[C@@H]1O. The fraction of sp³-hybridized carbons (Fsp3) is 0.516. The van der Waals surface area contributed by atoms with Crippen molar-refractivity contribution in [3.05, 3.63) is 56.8 Å². The quantitative estimate of drug-likeness (QED) is 0.0450. The lowest BCUT2D eigenvalue weighted by molar-refractivity contribution is -0.330. The standard InChI is InChI=1S/C31H44N10O17P2/c1-12-5-16-17(6-13(12)2)40(14(3)15(4)41(49)50)22-28(36-31(48)37-29(22)47)38(16)7-18(42)23(44)19(43)8-55-59(51,52)58-60(53,54)56-9-20-24(45)25(46)30(57-20)39-11-35-21-26(32)33-10-34-27(21)39/h5-6,10-11,14-15,18-20,23-25,30,42-46,49-50H,7-9H2,1-4H3,(H,51,52)(H,53,54)(H2,32,33,34)(H2,36,37,47,48)/t14-,15+,18+,19-,20-,23+,24-,25-,30-/m1/s1. The van der Waals surface area contributed by atoms with E-state index in [1.807, 2.05) is 0 Å². The van der Waals surface area contributed by atoms with E-state index in [0.717, 1.165) is 11.9 Å². The Morgan fingerprint density at radius 1 is 0.950 bits per heavy atom. The molecule has 1 saturated heterocycles. The molecule has 330 valence electrons. The second-order valence-corrected chi connectivity index (χ2v) is 17.2. The maximum atomic E-state index is 13.3. The van der Waals surface area contributed by atoms with Crippen molar-refractivity contribution >= 4 is 55.5 Å². The Kier molecular flexibility index (Phi) is 13.0. The van der Waals surface area contributed by atoms with Crippen LogP contribution in [-0.2, 0) is 27.2 Å². The van der Waals surface area contributed by atoms with Gasteiger partial charge in [-0.25, -0.2) is 28.9 Å². The van der Waals surface area contributed by atoms with E-state index in [0.29, 0.717) is 11.3 Å². The number of imidazole rings is 1. The van der Waals surface area contributed by atoms with Gasteiger partial charge in [0.1, 0.15) is 60.0 Å². The number of β-amino-alcohol motifs (C(OH)–C–C–N with tert-alkyl or cyclic N) is 1. The number of aromatic amines is 2. The van der Waals surface area contributed by atoms with Gasteiger partial charge in [0.25, 0.3) is 5.56 Å². The lowest BCUT2D eigenvalue weighted by Gasteiger charge is -2.44. The van der Waals surface area contributed by atoms with Crippen molar-refractivity contribution in [1.82, 2.24) is 34.7 Å². The van der Waals surface area contributed by atoms with Crippen LogP contribution in [0.1, 0.15) is 31.2 Å². The highest BCUT2D eigenvalue weighted by molar-refractivity contribution is 7.61. The van der Waals surface area contributed by atoms with Crippen LogP contribution in [0.4, 0.5) is 28.7 Å². The number of aliphatic hydroxyl groups is 5. The fourth-order valence-corrected chi connectivity index (χ4v) is 8.76. The molecular weight excluding hydrogens is 846 g/mol. The minimum atomic E-state index is -5.60. The molecule has 5 heterocycles. The molecule has 2 aliphatic heterocycles. The van der Waals surface area contributed by atoms with E-state index in [2.05, 4.69) is 33.8 Å². The summed E-state index contributed by atoms with van der Waals surface area (Å²) in [6.45, 7) is 3.68. The summed E-state index contributed by atoms with van der Waals surface area (Å²) < 4.78 is 45.7. The van der Waals surface area contributed by atoms with E-state index in [4.69, 9.17) is 15.0 Å². The van der Waals surface area contributed by atoms with Gasteiger partial charge in [0.2, 0.25) is 0 Å². The van der Waals surface area contributed by atoms with E-state index < -0.39 is 102 Å². The van der Waals surface area contributed by atoms with Crippen LogP contribution in [0.15, 0.2) is 34.4 Å². The predicted molar refractivity (Wildman–Crippen MR) is 203 cm³/mol. The van der Waals surface area contributed by atoms with E-state index in [1.165, 1.54) is 27.6 Å². The Morgan fingerprint density at radius 3 is 2.27 bits per heavy atom. The molecule has 60 heavy (non-hydrogen) atoms. The third-order valence-corrected chi connectivity index (χ3v) is 12.8. The molecule has 27 nitrogen and oxygen atoms in total. The summed E-state index contributed by atoms with van der Waals surface area (Å²) in [6.07, 6.45) is -10.2. The molecule has 3 aromatic heterocycles. The lowest BCUT2D eigenvalue weighted by Crippen LogP contribution is -2.51. The summed E-state index contributed by atoms with van der Waals surface area (Å²) in [7, 11) is -11.1. The Morgan fingerprint density at radius 2 is 1.60 bits per heavy atom. The molecule has 0 radical (unpaired) electrons. The molecule has 2 unspecified atom stereocenters. The first-order valence-corrected chi connectivity index (χ1v) is 20.9. The first kappa shape index (κ1) is 45.3. The number of rotatable bonds is 16. The van der Waals surface area contributed by atoms with Gasteiger partial charge in [-0.15, -0.1) is 0 Å². The number of hydrogen-bond acceptors (Lipinski definition) is 22. The number of ether oxygens (including phenoxy) is 1. The van der Waals surface area contributed by atoms with Gasteiger partial charge >= 0.3 is 21.3 Å². The van der Waals surface area contributed by atoms with Gasteiger partial charge < -0.3 is 55.6 Å². The summed E-state index contributed by atoms with van der Waals surface area (Å²) in [5.74, 6) is -0.161. The Hall–Kier alpha value is -4.25. The Balaban J connectivity index is 1.11. The second kappa shape index (κ2) is 17.3. The molecular formula is C31H44N10O17P2. The van der Waals surface area contributed by atoms with Crippen LogP contribution in [0.2, 0.25) is 0 Å². The number of phosphoric ester groups is 2. The number of fused-ring (bicyclic) bond motifs is 3. The largest absolute Gasteiger partial charge is 0.481 e. The number of phosphoric acid groups is 2. The Bertz CT molecular complexity index is 2430. The number of benzene rings is 1. The van der Waals surface area contributed by atoms with E-state index in [1.54, 1.807) is 32.9 Å². The number of aliphatic hydroxyl groups excluding tert-OH is 5. The predicted octanol–water partition coefficient (Wildman–Crippen LogP) is -1.50. The molecule has 2 aliphatic rings. The zero-order valence-corrected chi connectivity index (χ0v) is 33.8. The molecule has 0 saturated carbocycles. The molecule has 29 heteroatoms. The van der Waals surface area contributed by atoms with Crippen LogP contribution in [-0.4, -0.2) is 149 Å². The van der Waals surface area contributed by atoms with E-state index in [-0.39, 0.29) is 39.4 Å². The zero-order valence-electron chi connectivity index (χ0n) is 32.0. The molecule has 0 bridgehead atoms. The third kappa shape index (κ3) is 9.02. The first-order valence-electron chi connectivity index (χ1n) is 17.9. The molecule has 11 atom stereocenters. The third-order valence-electron chi connectivity index (χ3n) is 10.2. The fourth-order valence-electron chi connectivity index (χ4n) is 6.66. The number of nitrogens with zero attached hydrogens (tertiary/aromatic N) is 7. The van der Waals surface area contributed by atoms with Crippen molar-refractivity contribution in [3.63, 3.8) is 0 Å². The van der Waals surface area contributed by atoms with Gasteiger partial charge in [-0.05, 0) is 51.0 Å². The van der Waals surface area contributed by atoms with Gasteiger partial charge in [-0.2, -0.15) is 4.31 Å². The Labute approximate surface area is 337 Å².